The van der Waals surface area contributed by atoms with Crippen molar-refractivity contribution in [1.29, 1.82) is 5.26 Å². The Labute approximate surface area is 84.1 Å². The van der Waals surface area contributed by atoms with Gasteiger partial charge in [0.25, 0.3) is 0 Å². The van der Waals surface area contributed by atoms with E-state index in [-0.39, 0.29) is 6.61 Å². The summed E-state index contributed by atoms with van der Waals surface area (Å²) in [5.41, 5.74) is 5.74. The first-order chi connectivity index (χ1) is 6.55. The predicted octanol–water partition coefficient (Wildman–Crippen LogP) is 1.61. The summed E-state index contributed by atoms with van der Waals surface area (Å²) >= 11 is 0. The highest BCUT2D eigenvalue weighted by molar-refractivity contribution is 5.31. The molecule has 0 aliphatic heterocycles. The molecule has 0 radical (unpaired) electrons. The molecule has 0 heterocycles. The fourth-order valence-electron chi connectivity index (χ4n) is 0.978. The van der Waals surface area contributed by atoms with E-state index < -0.39 is 5.54 Å². The summed E-state index contributed by atoms with van der Waals surface area (Å²) in [5, 5.41) is 8.69. The van der Waals surface area contributed by atoms with Crippen molar-refractivity contribution in [1.82, 2.24) is 0 Å². The highest BCUT2D eigenvalue weighted by atomic mass is 16.5. The van der Waals surface area contributed by atoms with Crippen LogP contribution in [-0.4, -0.2) is 12.1 Å². The molecule has 74 valence electrons. The topological polar surface area (TPSA) is 59.0 Å². The van der Waals surface area contributed by atoms with Gasteiger partial charge in [0.2, 0.25) is 0 Å². The van der Waals surface area contributed by atoms with Crippen LogP contribution in [0, 0.1) is 18.3 Å². The third-order valence-corrected chi connectivity index (χ3v) is 1.88. The van der Waals surface area contributed by atoms with Crippen molar-refractivity contribution in [2.75, 3.05) is 6.61 Å². The van der Waals surface area contributed by atoms with Crippen molar-refractivity contribution >= 4 is 0 Å². The summed E-state index contributed by atoms with van der Waals surface area (Å²) in [7, 11) is 0. The lowest BCUT2D eigenvalue weighted by Gasteiger charge is -2.17. The zero-order valence-electron chi connectivity index (χ0n) is 8.45. The van der Waals surface area contributed by atoms with E-state index in [4.69, 9.17) is 15.7 Å². The fraction of sp³-hybridized carbons (Fsp3) is 0.364. The van der Waals surface area contributed by atoms with Crippen LogP contribution in [0.25, 0.3) is 0 Å². The van der Waals surface area contributed by atoms with Crippen molar-refractivity contribution in [3.8, 4) is 11.8 Å². The standard InChI is InChI=1S/C11H14N2O/c1-9-5-3-4-6-10(9)14-8-11(2,13)7-12/h3-6H,8,13H2,1-2H3. The van der Waals surface area contributed by atoms with E-state index in [1.807, 2.05) is 37.3 Å². The largest absolute Gasteiger partial charge is 0.490 e. The van der Waals surface area contributed by atoms with E-state index in [2.05, 4.69) is 0 Å². The molecule has 0 saturated carbocycles. The van der Waals surface area contributed by atoms with Gasteiger partial charge in [-0.15, -0.1) is 0 Å². The van der Waals surface area contributed by atoms with Crippen LogP contribution >= 0.6 is 0 Å². The van der Waals surface area contributed by atoms with Crippen LogP contribution < -0.4 is 10.5 Å². The second-order valence-electron chi connectivity index (χ2n) is 3.58. The van der Waals surface area contributed by atoms with Crippen LogP contribution in [0.5, 0.6) is 5.75 Å². The molecule has 0 aliphatic rings. The maximum Gasteiger partial charge on any atom is 0.135 e. The number of para-hydroxylation sites is 1. The molecule has 0 saturated heterocycles. The lowest BCUT2D eigenvalue weighted by Crippen LogP contribution is -2.40. The maximum atomic E-state index is 8.69. The Balaban J connectivity index is 2.64. The number of nitrogens with two attached hydrogens (primary N) is 1. The molecule has 1 aromatic rings. The van der Waals surface area contributed by atoms with Crippen LogP contribution in [-0.2, 0) is 0 Å². The molecule has 1 atom stereocenters. The Bertz CT molecular complexity index is 353. The molecule has 14 heavy (non-hydrogen) atoms. The fourth-order valence-corrected chi connectivity index (χ4v) is 0.978. The molecule has 1 unspecified atom stereocenters. The van der Waals surface area contributed by atoms with Gasteiger partial charge in [0.05, 0.1) is 6.07 Å². The minimum atomic E-state index is -0.928. The maximum absolute atomic E-state index is 8.69. The smallest absolute Gasteiger partial charge is 0.135 e. The predicted molar refractivity (Wildman–Crippen MR) is 54.9 cm³/mol. The van der Waals surface area contributed by atoms with Gasteiger partial charge in [-0.3, -0.25) is 0 Å². The van der Waals surface area contributed by atoms with Crippen LogP contribution in [0.1, 0.15) is 12.5 Å². The van der Waals surface area contributed by atoms with E-state index in [9.17, 15) is 0 Å². The number of hydrogen-bond donors (Lipinski definition) is 1. The summed E-state index contributed by atoms with van der Waals surface area (Å²) in [5.74, 6) is 0.777. The van der Waals surface area contributed by atoms with Crippen molar-refractivity contribution < 1.29 is 4.74 Å². The first kappa shape index (κ1) is 10.6. The minimum absolute atomic E-state index is 0.203. The lowest BCUT2D eigenvalue weighted by molar-refractivity contribution is 0.263. The molecule has 0 aromatic heterocycles. The van der Waals surface area contributed by atoms with Gasteiger partial charge in [0, 0.05) is 0 Å². The minimum Gasteiger partial charge on any atom is -0.490 e. The number of benzene rings is 1. The van der Waals surface area contributed by atoms with Gasteiger partial charge in [0.1, 0.15) is 17.9 Å². The normalized spacial score (nSPS) is 14.1. The monoisotopic (exact) mass is 190 g/mol. The first-order valence-electron chi connectivity index (χ1n) is 4.44. The number of nitrogens with zero attached hydrogens (tertiary/aromatic N) is 1. The van der Waals surface area contributed by atoms with Gasteiger partial charge in [-0.05, 0) is 25.5 Å². The zero-order chi connectivity index (χ0) is 10.6. The van der Waals surface area contributed by atoms with Crippen molar-refractivity contribution in [2.24, 2.45) is 5.73 Å². The van der Waals surface area contributed by atoms with E-state index in [1.54, 1.807) is 6.92 Å². The first-order valence-corrected chi connectivity index (χ1v) is 4.44. The van der Waals surface area contributed by atoms with E-state index in [1.165, 1.54) is 0 Å². The SMILES string of the molecule is Cc1ccccc1OCC(C)(N)C#N. The Morgan fingerprint density at radius 2 is 2.14 bits per heavy atom. The molecule has 0 fully saturated rings. The number of ether oxygens (including phenoxy) is 1. The molecule has 3 nitrogen and oxygen atoms in total. The lowest BCUT2D eigenvalue weighted by atomic mass is 10.1. The highest BCUT2D eigenvalue weighted by Gasteiger charge is 2.18. The molecule has 0 amide bonds. The Morgan fingerprint density at radius 1 is 1.50 bits per heavy atom. The van der Waals surface area contributed by atoms with Crippen LogP contribution in [0.2, 0.25) is 0 Å². The van der Waals surface area contributed by atoms with Crippen LogP contribution in [0.3, 0.4) is 0 Å². The van der Waals surface area contributed by atoms with Gasteiger partial charge in [-0.25, -0.2) is 0 Å². The third kappa shape index (κ3) is 2.75. The van der Waals surface area contributed by atoms with Crippen molar-refractivity contribution in [2.45, 2.75) is 19.4 Å². The molecule has 0 bridgehead atoms. The molecule has 1 rings (SSSR count). The highest BCUT2D eigenvalue weighted by Crippen LogP contribution is 2.17. The Hall–Kier alpha value is -1.53. The Kier molecular flexibility index (Phi) is 3.10. The van der Waals surface area contributed by atoms with Crippen molar-refractivity contribution in [3.63, 3.8) is 0 Å². The summed E-state index contributed by atoms with van der Waals surface area (Å²) in [6.45, 7) is 3.80. The van der Waals surface area contributed by atoms with E-state index in [0.717, 1.165) is 11.3 Å². The van der Waals surface area contributed by atoms with E-state index >= 15 is 0 Å². The molecule has 3 heteroatoms. The summed E-state index contributed by atoms with van der Waals surface area (Å²) in [4.78, 5) is 0. The Morgan fingerprint density at radius 3 is 2.71 bits per heavy atom. The molecule has 1 aromatic carbocycles. The van der Waals surface area contributed by atoms with Gasteiger partial charge >= 0.3 is 0 Å². The van der Waals surface area contributed by atoms with Gasteiger partial charge < -0.3 is 10.5 Å². The summed E-state index contributed by atoms with van der Waals surface area (Å²) < 4.78 is 5.44. The summed E-state index contributed by atoms with van der Waals surface area (Å²) in [6.07, 6.45) is 0. The van der Waals surface area contributed by atoms with E-state index in [0.29, 0.717) is 0 Å². The van der Waals surface area contributed by atoms with Gasteiger partial charge in [-0.2, -0.15) is 5.26 Å². The molecule has 2 N–H and O–H groups in total. The number of aryl methyl sites for hydroxylation is 1. The second-order valence-corrected chi connectivity index (χ2v) is 3.58. The number of rotatable bonds is 3. The van der Waals surface area contributed by atoms with Gasteiger partial charge in [0.15, 0.2) is 0 Å². The second kappa shape index (κ2) is 4.12. The van der Waals surface area contributed by atoms with Crippen LogP contribution in [0.15, 0.2) is 24.3 Å². The molecule has 0 spiro atoms. The molecular weight excluding hydrogens is 176 g/mol. The van der Waals surface area contributed by atoms with Crippen molar-refractivity contribution in [3.05, 3.63) is 29.8 Å². The van der Waals surface area contributed by atoms with Gasteiger partial charge in [-0.1, -0.05) is 18.2 Å². The quantitative estimate of drug-likeness (QED) is 0.787. The number of hydrogen-bond acceptors (Lipinski definition) is 3. The average molecular weight is 190 g/mol. The molecule has 0 aliphatic carbocycles. The summed E-state index contributed by atoms with van der Waals surface area (Å²) in [6, 6.07) is 9.63. The zero-order valence-corrected chi connectivity index (χ0v) is 8.45. The molecular formula is C11H14N2O. The third-order valence-electron chi connectivity index (χ3n) is 1.88. The average Bonchev–Trinajstić information content (AvgIpc) is 2.17. The van der Waals surface area contributed by atoms with Crippen LogP contribution in [0.4, 0.5) is 0 Å². The number of nitriles is 1.